The van der Waals surface area contributed by atoms with Crippen LogP contribution in [0.1, 0.15) is 37.8 Å². The number of hydrogen-bond donors (Lipinski definition) is 0. The summed E-state index contributed by atoms with van der Waals surface area (Å²) in [6.45, 7) is 2.77. The summed E-state index contributed by atoms with van der Waals surface area (Å²) < 4.78 is 10.4. The zero-order valence-electron chi connectivity index (χ0n) is 10.6. The monoisotopic (exact) mass is 248 g/mol. The number of fused-ring (bicyclic) bond motifs is 1. The van der Waals surface area contributed by atoms with E-state index in [0.717, 1.165) is 36.8 Å². The summed E-state index contributed by atoms with van der Waals surface area (Å²) in [6, 6.07) is 3.40. The fourth-order valence-electron chi connectivity index (χ4n) is 2.30. The van der Waals surface area contributed by atoms with E-state index in [2.05, 4.69) is 0 Å². The Morgan fingerprint density at radius 3 is 1.61 bits per heavy atom. The third-order valence-corrected chi connectivity index (χ3v) is 2.96. The van der Waals surface area contributed by atoms with Crippen LogP contribution in [-0.2, 0) is 22.4 Å². The maximum absolute atomic E-state index is 11.1. The topological polar surface area (TPSA) is 52.6 Å². The van der Waals surface area contributed by atoms with Crippen molar-refractivity contribution < 1.29 is 19.1 Å². The molecule has 4 nitrogen and oxygen atoms in total. The molecule has 0 saturated heterocycles. The van der Waals surface area contributed by atoms with Crippen LogP contribution < -0.4 is 9.47 Å². The Labute approximate surface area is 106 Å². The van der Waals surface area contributed by atoms with Crippen molar-refractivity contribution in [2.75, 3.05) is 0 Å². The first-order chi connectivity index (χ1) is 8.58. The van der Waals surface area contributed by atoms with Gasteiger partial charge in [-0.15, -0.1) is 0 Å². The molecule has 0 N–H and O–H groups in total. The van der Waals surface area contributed by atoms with Crippen LogP contribution in [0.3, 0.4) is 0 Å². The normalized spacial score (nSPS) is 13.7. The molecule has 0 spiro atoms. The predicted molar refractivity (Wildman–Crippen MR) is 65.7 cm³/mol. The van der Waals surface area contributed by atoms with E-state index < -0.39 is 0 Å². The van der Waals surface area contributed by atoms with Gasteiger partial charge in [0.2, 0.25) is 0 Å². The molecule has 96 valence electrons. The Morgan fingerprint density at radius 1 is 0.889 bits per heavy atom. The standard InChI is InChI=1S/C14H16O4/c1-9(15)17-13-7-8-14(18-10(2)16)12-6-4-3-5-11(12)13/h7-8H,3-6H2,1-2H3. The summed E-state index contributed by atoms with van der Waals surface area (Å²) in [6.07, 6.45) is 3.83. The van der Waals surface area contributed by atoms with E-state index in [1.165, 1.54) is 13.8 Å². The number of ether oxygens (including phenoxy) is 2. The molecule has 1 aliphatic rings. The van der Waals surface area contributed by atoms with Crippen molar-refractivity contribution in [3.05, 3.63) is 23.3 Å². The SMILES string of the molecule is CC(=O)Oc1ccc(OC(C)=O)c2c1CCCC2. The van der Waals surface area contributed by atoms with Crippen molar-refractivity contribution in [3.8, 4) is 11.5 Å². The van der Waals surface area contributed by atoms with Crippen molar-refractivity contribution >= 4 is 11.9 Å². The molecule has 1 aromatic carbocycles. The minimum absolute atomic E-state index is 0.331. The molecule has 0 saturated carbocycles. The molecule has 0 amide bonds. The average molecular weight is 248 g/mol. The van der Waals surface area contributed by atoms with Crippen molar-refractivity contribution in [2.24, 2.45) is 0 Å². The van der Waals surface area contributed by atoms with Gasteiger partial charge in [-0.3, -0.25) is 9.59 Å². The molecule has 0 aromatic heterocycles. The summed E-state index contributed by atoms with van der Waals surface area (Å²) in [7, 11) is 0. The van der Waals surface area contributed by atoms with Gasteiger partial charge in [0.1, 0.15) is 11.5 Å². The maximum atomic E-state index is 11.1. The van der Waals surface area contributed by atoms with Gasteiger partial charge in [-0.2, -0.15) is 0 Å². The molecule has 0 heterocycles. The van der Waals surface area contributed by atoms with Gasteiger partial charge in [0, 0.05) is 25.0 Å². The molecule has 0 unspecified atom stereocenters. The molecule has 0 fully saturated rings. The van der Waals surface area contributed by atoms with Gasteiger partial charge in [-0.1, -0.05) is 0 Å². The van der Waals surface area contributed by atoms with E-state index in [1.807, 2.05) is 0 Å². The summed E-state index contributed by atoms with van der Waals surface area (Å²) in [5.41, 5.74) is 1.99. The van der Waals surface area contributed by atoms with E-state index in [-0.39, 0.29) is 11.9 Å². The molecule has 18 heavy (non-hydrogen) atoms. The van der Waals surface area contributed by atoms with Gasteiger partial charge in [0.25, 0.3) is 0 Å². The molecule has 0 atom stereocenters. The highest BCUT2D eigenvalue weighted by molar-refractivity contribution is 5.72. The average Bonchev–Trinajstić information content (AvgIpc) is 2.31. The molecule has 0 aliphatic heterocycles. The van der Waals surface area contributed by atoms with E-state index >= 15 is 0 Å². The maximum Gasteiger partial charge on any atom is 0.308 e. The molecule has 0 radical (unpaired) electrons. The fourth-order valence-corrected chi connectivity index (χ4v) is 2.30. The zero-order chi connectivity index (χ0) is 13.1. The highest BCUT2D eigenvalue weighted by Gasteiger charge is 2.20. The lowest BCUT2D eigenvalue weighted by Crippen LogP contribution is -2.12. The Hall–Kier alpha value is -1.84. The smallest absolute Gasteiger partial charge is 0.308 e. The van der Waals surface area contributed by atoms with Crippen LogP contribution in [0.4, 0.5) is 0 Å². The van der Waals surface area contributed by atoms with Crippen LogP contribution in [0.5, 0.6) is 11.5 Å². The van der Waals surface area contributed by atoms with Crippen molar-refractivity contribution in [2.45, 2.75) is 39.5 Å². The van der Waals surface area contributed by atoms with Gasteiger partial charge in [-0.25, -0.2) is 0 Å². The summed E-state index contributed by atoms with van der Waals surface area (Å²) in [5, 5.41) is 0. The van der Waals surface area contributed by atoms with Crippen LogP contribution in [0.25, 0.3) is 0 Å². The molecular formula is C14H16O4. The predicted octanol–water partition coefficient (Wildman–Crippen LogP) is 2.42. The first-order valence-electron chi connectivity index (χ1n) is 6.09. The first-order valence-corrected chi connectivity index (χ1v) is 6.09. The Kier molecular flexibility index (Phi) is 3.65. The quantitative estimate of drug-likeness (QED) is 0.595. The zero-order valence-corrected chi connectivity index (χ0v) is 10.6. The number of hydrogen-bond acceptors (Lipinski definition) is 4. The summed E-state index contributed by atoms with van der Waals surface area (Å²) in [4.78, 5) is 22.1. The van der Waals surface area contributed by atoms with E-state index in [1.54, 1.807) is 12.1 Å². The number of esters is 2. The van der Waals surface area contributed by atoms with Gasteiger partial charge >= 0.3 is 11.9 Å². The van der Waals surface area contributed by atoms with E-state index in [4.69, 9.17) is 9.47 Å². The lowest BCUT2D eigenvalue weighted by molar-refractivity contribution is -0.133. The van der Waals surface area contributed by atoms with E-state index in [0.29, 0.717) is 11.5 Å². The largest absolute Gasteiger partial charge is 0.426 e. The molecule has 4 heteroatoms. The minimum atomic E-state index is -0.331. The van der Waals surface area contributed by atoms with Crippen LogP contribution in [-0.4, -0.2) is 11.9 Å². The van der Waals surface area contributed by atoms with Crippen LogP contribution in [0.15, 0.2) is 12.1 Å². The molecular weight excluding hydrogens is 232 g/mol. The number of carbonyl (C=O) groups is 2. The third kappa shape index (κ3) is 2.70. The summed E-state index contributed by atoms with van der Waals surface area (Å²) in [5.74, 6) is 0.521. The highest BCUT2D eigenvalue weighted by atomic mass is 16.5. The van der Waals surface area contributed by atoms with Crippen molar-refractivity contribution in [3.63, 3.8) is 0 Å². The molecule has 0 bridgehead atoms. The minimum Gasteiger partial charge on any atom is -0.426 e. The van der Waals surface area contributed by atoms with Crippen molar-refractivity contribution in [1.82, 2.24) is 0 Å². The second-order valence-electron chi connectivity index (χ2n) is 4.41. The van der Waals surface area contributed by atoms with Crippen molar-refractivity contribution in [1.29, 1.82) is 0 Å². The Bertz CT molecular complexity index is 446. The van der Waals surface area contributed by atoms with Crippen LogP contribution >= 0.6 is 0 Å². The van der Waals surface area contributed by atoms with E-state index in [9.17, 15) is 9.59 Å². The third-order valence-electron chi connectivity index (χ3n) is 2.96. The van der Waals surface area contributed by atoms with Gasteiger partial charge in [0.15, 0.2) is 0 Å². The van der Waals surface area contributed by atoms with Crippen LogP contribution in [0, 0.1) is 0 Å². The molecule has 1 aromatic rings. The second-order valence-corrected chi connectivity index (χ2v) is 4.41. The Morgan fingerprint density at radius 2 is 1.28 bits per heavy atom. The molecule has 2 rings (SSSR count). The number of benzene rings is 1. The summed E-state index contributed by atoms with van der Waals surface area (Å²) >= 11 is 0. The Balaban J connectivity index is 2.41. The fraction of sp³-hybridized carbons (Fsp3) is 0.429. The molecule has 1 aliphatic carbocycles. The lowest BCUT2D eigenvalue weighted by Gasteiger charge is -2.21. The van der Waals surface area contributed by atoms with Gasteiger partial charge in [0.05, 0.1) is 0 Å². The lowest BCUT2D eigenvalue weighted by atomic mass is 9.90. The van der Waals surface area contributed by atoms with Crippen LogP contribution in [0.2, 0.25) is 0 Å². The number of carbonyl (C=O) groups excluding carboxylic acids is 2. The highest BCUT2D eigenvalue weighted by Crippen LogP contribution is 2.36. The second kappa shape index (κ2) is 5.21. The first kappa shape index (κ1) is 12.6. The number of rotatable bonds is 2. The van der Waals surface area contributed by atoms with Gasteiger partial charge in [-0.05, 0) is 37.8 Å². The van der Waals surface area contributed by atoms with Gasteiger partial charge < -0.3 is 9.47 Å².